The Hall–Kier alpha value is -2.10. The summed E-state index contributed by atoms with van der Waals surface area (Å²) in [5.41, 5.74) is 1.68. The molecule has 0 bridgehead atoms. The van der Waals surface area contributed by atoms with Crippen LogP contribution in [0, 0.1) is 13.8 Å². The molecule has 0 fully saturated rings. The number of phenols is 1. The molecular formula is C13H14O4. The van der Waals surface area contributed by atoms with E-state index in [0.717, 1.165) is 17.7 Å². The largest absolute Gasteiger partial charge is 0.507 e. The minimum atomic E-state index is -0.609. The molecule has 0 aromatic heterocycles. The molecule has 0 spiro atoms. The maximum atomic E-state index is 11.7. The Morgan fingerprint density at radius 1 is 1.24 bits per heavy atom. The second-order valence-electron chi connectivity index (χ2n) is 3.70. The highest BCUT2D eigenvalue weighted by atomic mass is 16.5. The van der Waals surface area contributed by atoms with Gasteiger partial charge in [0.15, 0.2) is 5.78 Å². The third-order valence-electron chi connectivity index (χ3n) is 2.28. The number of aromatic hydroxyl groups is 1. The molecule has 0 unspecified atom stereocenters. The van der Waals surface area contributed by atoms with E-state index in [1.54, 1.807) is 19.1 Å². The summed E-state index contributed by atoms with van der Waals surface area (Å²) in [6.45, 7) is 3.54. The van der Waals surface area contributed by atoms with Gasteiger partial charge < -0.3 is 9.84 Å². The number of methoxy groups -OCH3 is 1. The van der Waals surface area contributed by atoms with Crippen LogP contribution in [0.1, 0.15) is 21.5 Å². The Bertz CT molecular complexity index is 486. The smallest absolute Gasteiger partial charge is 0.330 e. The molecule has 0 saturated heterocycles. The van der Waals surface area contributed by atoms with Gasteiger partial charge in [0.05, 0.1) is 12.7 Å². The van der Waals surface area contributed by atoms with Crippen molar-refractivity contribution in [3.8, 4) is 5.75 Å². The van der Waals surface area contributed by atoms with E-state index in [-0.39, 0.29) is 11.3 Å². The number of aryl methyl sites for hydroxylation is 2. The summed E-state index contributed by atoms with van der Waals surface area (Å²) in [6, 6.07) is 3.35. The summed E-state index contributed by atoms with van der Waals surface area (Å²) in [4.78, 5) is 22.6. The van der Waals surface area contributed by atoms with Gasteiger partial charge in [-0.25, -0.2) is 4.79 Å². The number of hydrogen-bond acceptors (Lipinski definition) is 4. The summed E-state index contributed by atoms with van der Waals surface area (Å²) in [5, 5.41) is 9.74. The van der Waals surface area contributed by atoms with Gasteiger partial charge in [-0.15, -0.1) is 0 Å². The number of carbonyl (C=O) groups is 2. The van der Waals surface area contributed by atoms with Gasteiger partial charge in [0, 0.05) is 6.08 Å². The highest BCUT2D eigenvalue weighted by Gasteiger charge is 2.11. The van der Waals surface area contributed by atoms with Crippen molar-refractivity contribution in [2.45, 2.75) is 13.8 Å². The Labute approximate surface area is 99.5 Å². The molecular weight excluding hydrogens is 220 g/mol. The van der Waals surface area contributed by atoms with Gasteiger partial charge in [-0.05, 0) is 37.1 Å². The fourth-order valence-electron chi connectivity index (χ4n) is 1.45. The molecule has 1 rings (SSSR count). The molecule has 0 aliphatic heterocycles. The first-order valence-electron chi connectivity index (χ1n) is 5.06. The molecule has 1 aromatic rings. The van der Waals surface area contributed by atoms with Crippen LogP contribution in [0.15, 0.2) is 24.3 Å². The number of allylic oxidation sites excluding steroid dienone is 1. The van der Waals surface area contributed by atoms with Gasteiger partial charge in [-0.1, -0.05) is 6.07 Å². The van der Waals surface area contributed by atoms with E-state index in [4.69, 9.17) is 0 Å². The average molecular weight is 234 g/mol. The third kappa shape index (κ3) is 3.17. The number of ketones is 1. The Balaban J connectivity index is 3.05. The predicted octanol–water partition coefficient (Wildman–Crippen LogP) is 1.92. The van der Waals surface area contributed by atoms with E-state index >= 15 is 0 Å². The molecule has 4 nitrogen and oxygen atoms in total. The Morgan fingerprint density at radius 3 is 2.47 bits per heavy atom. The Morgan fingerprint density at radius 2 is 1.88 bits per heavy atom. The number of ether oxygens (including phenoxy) is 1. The molecule has 4 heteroatoms. The fourth-order valence-corrected chi connectivity index (χ4v) is 1.45. The van der Waals surface area contributed by atoms with Gasteiger partial charge in [0.25, 0.3) is 0 Å². The van der Waals surface area contributed by atoms with Crippen LogP contribution >= 0.6 is 0 Å². The second kappa shape index (κ2) is 5.30. The molecule has 1 aromatic carbocycles. The zero-order valence-electron chi connectivity index (χ0n) is 9.98. The van der Waals surface area contributed by atoms with Crippen LogP contribution in [-0.2, 0) is 9.53 Å². The fraction of sp³-hybridized carbons (Fsp3) is 0.231. The van der Waals surface area contributed by atoms with E-state index in [9.17, 15) is 14.7 Å². The van der Waals surface area contributed by atoms with Crippen LogP contribution in [0.2, 0.25) is 0 Å². The number of benzene rings is 1. The van der Waals surface area contributed by atoms with Gasteiger partial charge in [-0.3, -0.25) is 4.79 Å². The van der Waals surface area contributed by atoms with Crippen LogP contribution in [0.4, 0.5) is 0 Å². The molecule has 0 aliphatic rings. The number of carbonyl (C=O) groups excluding carboxylic acids is 2. The number of hydrogen-bond donors (Lipinski definition) is 1. The summed E-state index contributed by atoms with van der Waals surface area (Å²) in [5.74, 6) is -1.10. The van der Waals surface area contributed by atoms with E-state index in [1.165, 1.54) is 7.11 Å². The highest BCUT2D eigenvalue weighted by Crippen LogP contribution is 2.24. The Kier molecular flexibility index (Phi) is 4.04. The van der Waals surface area contributed by atoms with Crippen molar-refractivity contribution in [2.24, 2.45) is 0 Å². The molecule has 0 heterocycles. The van der Waals surface area contributed by atoms with Crippen molar-refractivity contribution in [1.82, 2.24) is 0 Å². The lowest BCUT2D eigenvalue weighted by atomic mass is 10.0. The third-order valence-corrected chi connectivity index (χ3v) is 2.28. The minimum absolute atomic E-state index is 0.0601. The number of esters is 1. The molecule has 90 valence electrons. The molecule has 0 atom stereocenters. The average Bonchev–Trinajstić information content (AvgIpc) is 2.30. The van der Waals surface area contributed by atoms with Gasteiger partial charge >= 0.3 is 5.97 Å². The predicted molar refractivity (Wildman–Crippen MR) is 63.1 cm³/mol. The van der Waals surface area contributed by atoms with E-state index < -0.39 is 11.8 Å². The minimum Gasteiger partial charge on any atom is -0.507 e. The molecule has 0 amide bonds. The molecule has 0 radical (unpaired) electrons. The van der Waals surface area contributed by atoms with Crippen molar-refractivity contribution < 1.29 is 19.4 Å². The first kappa shape index (κ1) is 13.0. The van der Waals surface area contributed by atoms with Crippen LogP contribution in [0.3, 0.4) is 0 Å². The van der Waals surface area contributed by atoms with Crippen molar-refractivity contribution in [3.05, 3.63) is 41.0 Å². The first-order chi connectivity index (χ1) is 7.95. The number of rotatable bonds is 3. The molecule has 0 saturated carbocycles. The van der Waals surface area contributed by atoms with Crippen LogP contribution in [0.25, 0.3) is 0 Å². The summed E-state index contributed by atoms with van der Waals surface area (Å²) < 4.78 is 4.37. The van der Waals surface area contributed by atoms with Gasteiger partial charge in [0.1, 0.15) is 5.75 Å². The van der Waals surface area contributed by atoms with Crippen LogP contribution < -0.4 is 0 Å². The topological polar surface area (TPSA) is 63.6 Å². The van der Waals surface area contributed by atoms with Crippen molar-refractivity contribution >= 4 is 11.8 Å². The lowest BCUT2D eigenvalue weighted by Crippen LogP contribution is -2.00. The quantitative estimate of drug-likeness (QED) is 0.493. The summed E-state index contributed by atoms with van der Waals surface area (Å²) >= 11 is 0. The maximum absolute atomic E-state index is 11.7. The van der Waals surface area contributed by atoms with E-state index in [2.05, 4.69) is 4.74 Å². The zero-order valence-corrected chi connectivity index (χ0v) is 9.98. The van der Waals surface area contributed by atoms with E-state index in [0.29, 0.717) is 5.56 Å². The van der Waals surface area contributed by atoms with Crippen LogP contribution in [0.5, 0.6) is 5.75 Å². The van der Waals surface area contributed by atoms with E-state index in [1.807, 2.05) is 6.92 Å². The SMILES string of the molecule is COC(=O)/C=C/C(=O)c1cc(C)cc(C)c1O. The summed E-state index contributed by atoms with van der Waals surface area (Å²) in [7, 11) is 1.23. The summed E-state index contributed by atoms with van der Waals surface area (Å²) in [6.07, 6.45) is 2.11. The van der Waals surface area contributed by atoms with Crippen molar-refractivity contribution in [2.75, 3.05) is 7.11 Å². The van der Waals surface area contributed by atoms with Gasteiger partial charge in [0.2, 0.25) is 0 Å². The van der Waals surface area contributed by atoms with Crippen molar-refractivity contribution in [1.29, 1.82) is 0 Å². The molecule has 17 heavy (non-hydrogen) atoms. The zero-order chi connectivity index (χ0) is 13.0. The van der Waals surface area contributed by atoms with Gasteiger partial charge in [-0.2, -0.15) is 0 Å². The van der Waals surface area contributed by atoms with Crippen LogP contribution in [-0.4, -0.2) is 24.0 Å². The second-order valence-corrected chi connectivity index (χ2v) is 3.70. The lowest BCUT2D eigenvalue weighted by molar-refractivity contribution is -0.134. The first-order valence-corrected chi connectivity index (χ1v) is 5.06. The standard InChI is InChI=1S/C13H14O4/c1-8-6-9(2)13(16)10(7-8)11(14)4-5-12(15)17-3/h4-7,16H,1-3H3/b5-4+. The van der Waals surface area contributed by atoms with Crippen molar-refractivity contribution in [3.63, 3.8) is 0 Å². The lowest BCUT2D eigenvalue weighted by Gasteiger charge is -2.05. The maximum Gasteiger partial charge on any atom is 0.330 e. The number of phenolic OH excluding ortho intramolecular Hbond substituents is 1. The monoisotopic (exact) mass is 234 g/mol. The molecule has 0 aliphatic carbocycles. The highest BCUT2D eigenvalue weighted by molar-refractivity contribution is 6.08. The normalized spacial score (nSPS) is 10.5. The molecule has 1 N–H and O–H groups in total.